The number of aromatic nitrogens is 1. The number of nitrogens with one attached hydrogen (secondary N) is 1. The van der Waals surface area contributed by atoms with E-state index in [0.717, 1.165) is 11.1 Å². The van der Waals surface area contributed by atoms with Crippen LogP contribution < -0.4 is 5.32 Å². The minimum Gasteiger partial charge on any atom is -0.381 e. The van der Waals surface area contributed by atoms with Crippen molar-refractivity contribution >= 4 is 5.69 Å². The lowest BCUT2D eigenvalue weighted by molar-refractivity contribution is 0.627. The number of aryl methyl sites for hydroxylation is 1. The number of anilines is 1. The predicted molar refractivity (Wildman–Crippen MR) is 67.4 cm³/mol. The second kappa shape index (κ2) is 5.28. The van der Waals surface area contributed by atoms with Crippen LogP contribution >= 0.6 is 0 Å². The number of halogens is 1. The number of hydrogen-bond acceptors (Lipinski definition) is 3. The summed E-state index contributed by atoms with van der Waals surface area (Å²) >= 11 is 0. The molecule has 0 aliphatic rings. The molecule has 4 heteroatoms. The van der Waals surface area contributed by atoms with Crippen LogP contribution in [0.25, 0.3) is 0 Å². The second-order valence-corrected chi connectivity index (χ2v) is 4.00. The Morgan fingerprint density at radius 2 is 2.22 bits per heavy atom. The Morgan fingerprint density at radius 1 is 1.39 bits per heavy atom. The van der Waals surface area contributed by atoms with E-state index >= 15 is 0 Å². The van der Waals surface area contributed by atoms with Crippen LogP contribution in [0.4, 0.5) is 10.1 Å². The molecule has 0 aliphatic heterocycles. The molecule has 1 aromatic heterocycles. The van der Waals surface area contributed by atoms with Crippen molar-refractivity contribution in [2.75, 3.05) is 5.32 Å². The zero-order chi connectivity index (χ0) is 13.0. The molecule has 0 amide bonds. The van der Waals surface area contributed by atoms with Crippen LogP contribution in [0.2, 0.25) is 0 Å². The second-order valence-electron chi connectivity index (χ2n) is 4.00. The zero-order valence-electron chi connectivity index (χ0n) is 9.94. The Labute approximate surface area is 105 Å². The SMILES string of the molecule is Cc1cnccc1CNc1cc(F)cc(C#N)c1. The molecule has 1 heterocycles. The van der Waals surface area contributed by atoms with Crippen molar-refractivity contribution in [2.45, 2.75) is 13.5 Å². The van der Waals surface area contributed by atoms with Crippen molar-refractivity contribution < 1.29 is 4.39 Å². The average Bonchev–Trinajstić information content (AvgIpc) is 2.37. The fraction of sp³-hybridized carbons (Fsp3) is 0.143. The summed E-state index contributed by atoms with van der Waals surface area (Å²) in [6, 6.07) is 8.05. The van der Waals surface area contributed by atoms with E-state index in [-0.39, 0.29) is 0 Å². The maximum Gasteiger partial charge on any atom is 0.126 e. The van der Waals surface area contributed by atoms with E-state index in [2.05, 4.69) is 10.3 Å². The van der Waals surface area contributed by atoms with Crippen molar-refractivity contribution in [3.05, 3.63) is 59.2 Å². The molecule has 0 fully saturated rings. The van der Waals surface area contributed by atoms with E-state index in [1.807, 2.05) is 19.1 Å². The summed E-state index contributed by atoms with van der Waals surface area (Å²) in [5.74, 6) is -0.414. The van der Waals surface area contributed by atoms with Crippen molar-refractivity contribution in [3.8, 4) is 6.07 Å². The van der Waals surface area contributed by atoms with Crippen LogP contribution in [0.15, 0.2) is 36.7 Å². The number of hydrogen-bond donors (Lipinski definition) is 1. The summed E-state index contributed by atoms with van der Waals surface area (Å²) in [6.07, 6.45) is 3.50. The van der Waals surface area contributed by atoms with Crippen LogP contribution in [0.5, 0.6) is 0 Å². The smallest absolute Gasteiger partial charge is 0.126 e. The third kappa shape index (κ3) is 2.83. The summed E-state index contributed by atoms with van der Waals surface area (Å²) in [6.45, 7) is 2.54. The van der Waals surface area contributed by atoms with E-state index in [1.54, 1.807) is 18.5 Å². The molecule has 0 saturated carbocycles. The topological polar surface area (TPSA) is 48.7 Å². The summed E-state index contributed by atoms with van der Waals surface area (Å²) in [7, 11) is 0. The summed E-state index contributed by atoms with van der Waals surface area (Å²) in [5.41, 5.74) is 3.07. The number of benzene rings is 1. The van der Waals surface area contributed by atoms with Gasteiger partial charge in [-0.15, -0.1) is 0 Å². The first kappa shape index (κ1) is 12.1. The number of rotatable bonds is 3. The monoisotopic (exact) mass is 241 g/mol. The first-order valence-electron chi connectivity index (χ1n) is 5.53. The van der Waals surface area contributed by atoms with Crippen LogP contribution in [-0.2, 0) is 6.54 Å². The standard InChI is InChI=1S/C14H12FN3/c1-10-8-17-3-2-12(10)9-18-14-5-11(7-16)4-13(15)6-14/h2-6,8,18H,9H2,1H3. The molecule has 1 N–H and O–H groups in total. The molecular weight excluding hydrogens is 229 g/mol. The van der Waals surface area contributed by atoms with Gasteiger partial charge in [-0.3, -0.25) is 4.98 Å². The van der Waals surface area contributed by atoms with E-state index in [0.29, 0.717) is 17.8 Å². The third-order valence-corrected chi connectivity index (χ3v) is 2.65. The first-order chi connectivity index (χ1) is 8.69. The first-order valence-corrected chi connectivity index (χ1v) is 5.53. The lowest BCUT2D eigenvalue weighted by Crippen LogP contribution is -2.02. The van der Waals surface area contributed by atoms with Crippen LogP contribution in [0.1, 0.15) is 16.7 Å². The fourth-order valence-electron chi connectivity index (χ4n) is 1.65. The lowest BCUT2D eigenvalue weighted by atomic mass is 10.1. The van der Waals surface area contributed by atoms with E-state index < -0.39 is 5.82 Å². The van der Waals surface area contributed by atoms with Gasteiger partial charge in [0.15, 0.2) is 0 Å². The predicted octanol–water partition coefficient (Wildman–Crippen LogP) is 3.01. The Kier molecular flexibility index (Phi) is 3.54. The summed E-state index contributed by atoms with van der Waals surface area (Å²) in [4.78, 5) is 4.01. The van der Waals surface area contributed by atoms with Crippen LogP contribution in [0.3, 0.4) is 0 Å². The summed E-state index contributed by atoms with van der Waals surface area (Å²) < 4.78 is 13.2. The molecule has 18 heavy (non-hydrogen) atoms. The molecule has 0 bridgehead atoms. The van der Waals surface area contributed by atoms with E-state index in [4.69, 9.17) is 5.26 Å². The zero-order valence-corrected chi connectivity index (χ0v) is 9.94. The minimum absolute atomic E-state index is 0.309. The van der Waals surface area contributed by atoms with Gasteiger partial charge in [-0.2, -0.15) is 5.26 Å². The molecular formula is C14H12FN3. The summed E-state index contributed by atoms with van der Waals surface area (Å²) in [5, 5.41) is 11.9. The number of nitriles is 1. The van der Waals surface area contributed by atoms with Crippen molar-refractivity contribution in [1.82, 2.24) is 4.98 Å². The molecule has 0 atom stereocenters. The molecule has 0 radical (unpaired) electrons. The van der Waals surface area contributed by atoms with Crippen molar-refractivity contribution in [2.24, 2.45) is 0 Å². The maximum atomic E-state index is 13.2. The van der Waals surface area contributed by atoms with Gasteiger partial charge in [-0.1, -0.05) is 0 Å². The van der Waals surface area contributed by atoms with E-state index in [9.17, 15) is 4.39 Å². The van der Waals surface area contributed by atoms with Gasteiger partial charge in [0.25, 0.3) is 0 Å². The van der Waals surface area contributed by atoms with Crippen LogP contribution in [0, 0.1) is 24.1 Å². The van der Waals surface area contributed by atoms with Crippen molar-refractivity contribution in [1.29, 1.82) is 5.26 Å². The van der Waals surface area contributed by atoms with Gasteiger partial charge in [0.2, 0.25) is 0 Å². The molecule has 0 aliphatic carbocycles. The minimum atomic E-state index is -0.414. The molecule has 2 rings (SSSR count). The van der Waals surface area contributed by atoms with Gasteiger partial charge in [0, 0.05) is 24.6 Å². The van der Waals surface area contributed by atoms with Gasteiger partial charge in [-0.25, -0.2) is 4.39 Å². The Morgan fingerprint density at radius 3 is 2.94 bits per heavy atom. The molecule has 3 nitrogen and oxygen atoms in total. The highest BCUT2D eigenvalue weighted by atomic mass is 19.1. The van der Waals surface area contributed by atoms with Gasteiger partial charge in [0.1, 0.15) is 5.82 Å². The number of nitrogens with zero attached hydrogens (tertiary/aromatic N) is 2. The fourth-order valence-corrected chi connectivity index (χ4v) is 1.65. The molecule has 1 aromatic carbocycles. The molecule has 0 spiro atoms. The molecule has 0 saturated heterocycles. The highest BCUT2D eigenvalue weighted by Gasteiger charge is 2.01. The van der Waals surface area contributed by atoms with Crippen molar-refractivity contribution in [3.63, 3.8) is 0 Å². The molecule has 90 valence electrons. The lowest BCUT2D eigenvalue weighted by Gasteiger charge is -2.09. The van der Waals surface area contributed by atoms with Crippen LogP contribution in [-0.4, -0.2) is 4.98 Å². The van der Waals surface area contributed by atoms with Gasteiger partial charge in [0.05, 0.1) is 11.6 Å². The third-order valence-electron chi connectivity index (χ3n) is 2.65. The Hall–Kier alpha value is -2.41. The largest absolute Gasteiger partial charge is 0.381 e. The molecule has 0 unspecified atom stereocenters. The highest BCUT2D eigenvalue weighted by Crippen LogP contribution is 2.15. The number of pyridine rings is 1. The molecule has 2 aromatic rings. The van der Waals surface area contributed by atoms with Gasteiger partial charge >= 0.3 is 0 Å². The normalized spacial score (nSPS) is 9.83. The quantitative estimate of drug-likeness (QED) is 0.898. The maximum absolute atomic E-state index is 13.2. The van der Waals surface area contributed by atoms with Gasteiger partial charge < -0.3 is 5.32 Å². The Balaban J connectivity index is 2.14. The average molecular weight is 241 g/mol. The van der Waals surface area contributed by atoms with Gasteiger partial charge in [-0.05, 0) is 42.3 Å². The highest BCUT2D eigenvalue weighted by molar-refractivity contribution is 5.50. The Bertz CT molecular complexity index is 602. The van der Waals surface area contributed by atoms with E-state index in [1.165, 1.54) is 12.1 Å².